The van der Waals surface area contributed by atoms with Gasteiger partial charge >= 0.3 is 0 Å². The van der Waals surface area contributed by atoms with Crippen molar-refractivity contribution in [1.29, 1.82) is 0 Å². The van der Waals surface area contributed by atoms with Crippen LogP contribution >= 0.6 is 0 Å². The fourth-order valence-corrected chi connectivity index (χ4v) is 0.921. The third-order valence-electron chi connectivity index (χ3n) is 1.46. The van der Waals surface area contributed by atoms with E-state index in [1.165, 1.54) is 0 Å². The van der Waals surface area contributed by atoms with Crippen LogP contribution in [-0.4, -0.2) is 16.3 Å². The van der Waals surface area contributed by atoms with Crippen molar-refractivity contribution in [2.45, 2.75) is 27.7 Å². The molecule has 4 nitrogen and oxygen atoms in total. The average Bonchev–Trinajstić information content (AvgIpc) is 2.07. The van der Waals surface area contributed by atoms with Crippen LogP contribution in [0.4, 0.5) is 5.95 Å². The molecule has 0 aliphatic rings. The molecule has 0 bridgehead atoms. The molecule has 13 heavy (non-hydrogen) atoms. The zero-order valence-corrected chi connectivity index (χ0v) is 8.46. The van der Waals surface area contributed by atoms with E-state index in [0.29, 0.717) is 17.0 Å². The Labute approximate surface area is 78.2 Å². The first-order valence-corrected chi connectivity index (χ1v) is 4.21. The molecule has 4 heteroatoms. The van der Waals surface area contributed by atoms with Crippen LogP contribution < -0.4 is 5.73 Å². The van der Waals surface area contributed by atoms with Crippen LogP contribution in [0.2, 0.25) is 0 Å². The smallest absolute Gasteiger partial charge is 0.220 e. The van der Waals surface area contributed by atoms with Crippen LogP contribution in [0.15, 0.2) is 0 Å². The van der Waals surface area contributed by atoms with Gasteiger partial charge in [-0.25, -0.2) is 9.97 Å². The number of carbonyl (C=O) groups excluding carboxylic acids is 1. The van der Waals surface area contributed by atoms with Gasteiger partial charge in [-0.05, 0) is 13.8 Å². The van der Waals surface area contributed by atoms with E-state index in [0.717, 1.165) is 6.29 Å². The largest absolute Gasteiger partial charge is 0.368 e. The Bertz CT molecular complexity index is 274. The van der Waals surface area contributed by atoms with Crippen molar-refractivity contribution in [3.63, 3.8) is 0 Å². The Morgan fingerprint density at radius 1 is 1.15 bits per heavy atom. The quantitative estimate of drug-likeness (QED) is 0.667. The number of anilines is 1. The van der Waals surface area contributed by atoms with Gasteiger partial charge in [0.2, 0.25) is 5.95 Å². The lowest BCUT2D eigenvalue weighted by molar-refractivity contribution is 0.112. The second kappa shape index (κ2) is 5.24. The highest BCUT2D eigenvalue weighted by Crippen LogP contribution is 2.07. The topological polar surface area (TPSA) is 68.9 Å². The Hall–Kier alpha value is -1.45. The highest BCUT2D eigenvalue weighted by atomic mass is 16.1. The third-order valence-corrected chi connectivity index (χ3v) is 1.46. The molecule has 72 valence electrons. The van der Waals surface area contributed by atoms with Crippen molar-refractivity contribution in [3.05, 3.63) is 17.0 Å². The van der Waals surface area contributed by atoms with E-state index in [-0.39, 0.29) is 5.95 Å². The molecule has 1 aromatic heterocycles. The summed E-state index contributed by atoms with van der Waals surface area (Å²) in [6.07, 6.45) is 0.740. The van der Waals surface area contributed by atoms with Gasteiger partial charge in [0.25, 0.3) is 0 Å². The van der Waals surface area contributed by atoms with Crippen LogP contribution in [0.5, 0.6) is 0 Å². The Kier molecular flexibility index (Phi) is 4.66. The number of hydrogen-bond acceptors (Lipinski definition) is 4. The second-order valence-corrected chi connectivity index (χ2v) is 2.28. The van der Waals surface area contributed by atoms with Crippen molar-refractivity contribution in [1.82, 2.24) is 9.97 Å². The summed E-state index contributed by atoms with van der Waals surface area (Å²) in [6, 6.07) is 0. The second-order valence-electron chi connectivity index (χ2n) is 2.28. The van der Waals surface area contributed by atoms with Gasteiger partial charge in [-0.3, -0.25) is 4.79 Å². The average molecular weight is 181 g/mol. The van der Waals surface area contributed by atoms with Crippen LogP contribution in [-0.2, 0) is 0 Å². The van der Waals surface area contributed by atoms with Gasteiger partial charge in [0, 0.05) is 0 Å². The molecular weight excluding hydrogens is 166 g/mol. The van der Waals surface area contributed by atoms with Crippen molar-refractivity contribution < 1.29 is 4.79 Å². The lowest BCUT2D eigenvalue weighted by Crippen LogP contribution is -2.03. The third kappa shape index (κ3) is 2.82. The Balaban J connectivity index is 0.000000671. The van der Waals surface area contributed by atoms with Crippen molar-refractivity contribution >= 4 is 12.2 Å². The summed E-state index contributed by atoms with van der Waals surface area (Å²) in [4.78, 5) is 18.1. The molecule has 0 fully saturated rings. The monoisotopic (exact) mass is 181 g/mol. The fraction of sp³-hybridized carbons (Fsp3) is 0.444. The van der Waals surface area contributed by atoms with Crippen LogP contribution in [0.25, 0.3) is 0 Å². The van der Waals surface area contributed by atoms with E-state index in [1.54, 1.807) is 13.8 Å². The number of nitrogen functional groups attached to an aromatic ring is 1. The Morgan fingerprint density at radius 3 is 1.85 bits per heavy atom. The number of hydrogen-bond donors (Lipinski definition) is 1. The number of carbonyl (C=O) groups is 1. The maximum Gasteiger partial charge on any atom is 0.220 e. The predicted molar refractivity (Wildman–Crippen MR) is 52.7 cm³/mol. The minimum atomic E-state index is 0.214. The van der Waals surface area contributed by atoms with Gasteiger partial charge in [0.05, 0.1) is 17.0 Å². The molecule has 1 rings (SSSR count). The van der Waals surface area contributed by atoms with Gasteiger partial charge in [-0.2, -0.15) is 0 Å². The number of nitrogens with two attached hydrogens (primary N) is 1. The molecule has 0 saturated heterocycles. The molecule has 1 heterocycles. The summed E-state index contributed by atoms with van der Waals surface area (Å²) in [5, 5.41) is 0. The summed E-state index contributed by atoms with van der Waals surface area (Å²) in [5.41, 5.74) is 7.13. The van der Waals surface area contributed by atoms with E-state index < -0.39 is 0 Å². The fourth-order valence-electron chi connectivity index (χ4n) is 0.921. The highest BCUT2D eigenvalue weighted by Gasteiger charge is 2.04. The summed E-state index contributed by atoms with van der Waals surface area (Å²) >= 11 is 0. The van der Waals surface area contributed by atoms with Crippen molar-refractivity contribution in [3.8, 4) is 0 Å². The molecule has 1 aromatic rings. The Morgan fingerprint density at radius 2 is 1.54 bits per heavy atom. The maximum absolute atomic E-state index is 10.4. The molecule has 0 spiro atoms. The molecule has 0 radical (unpaired) electrons. The van der Waals surface area contributed by atoms with Gasteiger partial charge < -0.3 is 5.73 Å². The van der Waals surface area contributed by atoms with Gasteiger partial charge in [0.1, 0.15) is 0 Å². The molecule has 0 aliphatic heterocycles. The van der Waals surface area contributed by atoms with Crippen LogP contribution in [0.1, 0.15) is 35.6 Å². The van der Waals surface area contributed by atoms with E-state index in [1.807, 2.05) is 13.8 Å². The van der Waals surface area contributed by atoms with E-state index >= 15 is 0 Å². The summed E-state index contributed by atoms with van der Waals surface area (Å²) in [7, 11) is 0. The van der Waals surface area contributed by atoms with Crippen LogP contribution in [0, 0.1) is 13.8 Å². The molecule has 2 N–H and O–H groups in total. The highest BCUT2D eigenvalue weighted by molar-refractivity contribution is 5.77. The summed E-state index contributed by atoms with van der Waals surface area (Å²) in [5.74, 6) is 0.214. The van der Waals surface area contributed by atoms with Crippen molar-refractivity contribution in [2.24, 2.45) is 0 Å². The van der Waals surface area contributed by atoms with E-state index in [9.17, 15) is 4.79 Å². The van der Waals surface area contributed by atoms with Gasteiger partial charge in [0.15, 0.2) is 6.29 Å². The number of nitrogens with zero attached hydrogens (tertiary/aromatic N) is 2. The standard InChI is InChI=1S/C7H9N3O.C2H6/c1-4-6(3-11)5(2)10-7(8)9-4;1-2/h3H,1-2H3,(H2,8,9,10);1-2H3. The minimum Gasteiger partial charge on any atom is -0.368 e. The number of aromatic nitrogens is 2. The van der Waals surface area contributed by atoms with Gasteiger partial charge in [-0.15, -0.1) is 0 Å². The van der Waals surface area contributed by atoms with Gasteiger partial charge in [-0.1, -0.05) is 13.8 Å². The lowest BCUT2D eigenvalue weighted by Gasteiger charge is -2.01. The molecule has 0 amide bonds. The molecule has 0 unspecified atom stereocenters. The predicted octanol–water partition coefficient (Wildman–Crippen LogP) is 1.51. The molecular formula is C9H15N3O. The molecule has 0 aromatic carbocycles. The first-order chi connectivity index (χ1) is 6.15. The molecule has 0 saturated carbocycles. The maximum atomic E-state index is 10.4. The number of rotatable bonds is 1. The first kappa shape index (κ1) is 11.6. The molecule has 0 aliphatic carbocycles. The number of aldehydes is 1. The zero-order valence-electron chi connectivity index (χ0n) is 8.46. The van der Waals surface area contributed by atoms with E-state index in [4.69, 9.17) is 5.73 Å². The van der Waals surface area contributed by atoms with E-state index in [2.05, 4.69) is 9.97 Å². The zero-order chi connectivity index (χ0) is 10.4. The summed E-state index contributed by atoms with van der Waals surface area (Å²) in [6.45, 7) is 7.46. The SMILES string of the molecule is CC.Cc1nc(N)nc(C)c1C=O. The first-order valence-electron chi connectivity index (χ1n) is 4.21. The summed E-state index contributed by atoms with van der Waals surface area (Å²) < 4.78 is 0. The lowest BCUT2D eigenvalue weighted by atomic mass is 10.2. The minimum absolute atomic E-state index is 0.214. The van der Waals surface area contributed by atoms with Crippen LogP contribution in [0.3, 0.4) is 0 Å². The van der Waals surface area contributed by atoms with Crippen molar-refractivity contribution in [2.75, 3.05) is 5.73 Å². The normalized spacial score (nSPS) is 8.62. The number of aryl methyl sites for hydroxylation is 2. The molecule has 0 atom stereocenters.